The van der Waals surface area contributed by atoms with Gasteiger partial charge in [0.15, 0.2) is 0 Å². The van der Waals surface area contributed by atoms with Crippen molar-refractivity contribution in [3.05, 3.63) is 17.0 Å². The Bertz CT molecular complexity index is 330. The predicted molar refractivity (Wildman–Crippen MR) is 53.8 cm³/mol. The Hall–Kier alpha value is -1.27. The number of rotatable bonds is 3. The Morgan fingerprint density at radius 1 is 1.69 bits per heavy atom. The van der Waals surface area contributed by atoms with Gasteiger partial charge in [-0.15, -0.1) is 6.42 Å². The molecule has 0 unspecified atom stereocenters. The number of anilines is 1. The first-order valence-corrected chi connectivity index (χ1v) is 4.38. The van der Waals surface area contributed by atoms with Crippen molar-refractivity contribution < 1.29 is 0 Å². The molecule has 0 saturated heterocycles. The highest BCUT2D eigenvalue weighted by Gasteiger charge is 2.02. The fraction of sp³-hybridized carbons (Fsp3) is 0.333. The first kappa shape index (κ1) is 9.82. The summed E-state index contributed by atoms with van der Waals surface area (Å²) in [6, 6.07) is 0. The van der Waals surface area contributed by atoms with Gasteiger partial charge >= 0.3 is 0 Å². The Labute approximate surface area is 82.5 Å². The number of terminal acetylenes is 1. The minimum atomic E-state index is 0.206. The second kappa shape index (κ2) is 4.68. The third-order valence-corrected chi connectivity index (χ3v) is 1.64. The number of aromatic nitrogens is 2. The lowest BCUT2D eigenvalue weighted by Gasteiger charge is -2.05. The molecule has 68 valence electrons. The second-order valence-corrected chi connectivity index (χ2v) is 2.81. The lowest BCUT2D eigenvalue weighted by atomic mass is 10.3. The van der Waals surface area contributed by atoms with Crippen LogP contribution < -0.4 is 5.32 Å². The number of hydrogen-bond acceptors (Lipinski definition) is 3. The van der Waals surface area contributed by atoms with Crippen molar-refractivity contribution in [1.29, 1.82) is 0 Å². The zero-order valence-corrected chi connectivity index (χ0v) is 8.10. The van der Waals surface area contributed by atoms with Crippen LogP contribution in [0.15, 0.2) is 6.20 Å². The van der Waals surface area contributed by atoms with Crippen molar-refractivity contribution in [2.45, 2.75) is 13.3 Å². The molecule has 0 atom stereocenters. The molecule has 0 aromatic carbocycles. The zero-order valence-electron chi connectivity index (χ0n) is 7.34. The van der Waals surface area contributed by atoms with Crippen molar-refractivity contribution in [3.63, 3.8) is 0 Å². The van der Waals surface area contributed by atoms with Crippen molar-refractivity contribution >= 4 is 17.4 Å². The summed E-state index contributed by atoms with van der Waals surface area (Å²) in [5.41, 5.74) is 0.637. The van der Waals surface area contributed by atoms with Crippen LogP contribution in [-0.4, -0.2) is 16.5 Å². The smallest absolute Gasteiger partial charge is 0.224 e. The van der Waals surface area contributed by atoms with Crippen LogP contribution in [0, 0.1) is 12.3 Å². The average Bonchev–Trinajstić information content (AvgIpc) is 2.15. The fourth-order valence-electron chi connectivity index (χ4n) is 0.844. The summed E-state index contributed by atoms with van der Waals surface area (Å²) in [6.45, 7) is 2.88. The van der Waals surface area contributed by atoms with Crippen LogP contribution in [0.4, 0.5) is 5.82 Å². The summed E-state index contributed by atoms with van der Waals surface area (Å²) in [5, 5.41) is 3.28. The molecule has 13 heavy (non-hydrogen) atoms. The summed E-state index contributed by atoms with van der Waals surface area (Å²) < 4.78 is 0. The van der Waals surface area contributed by atoms with Gasteiger partial charge in [-0.25, -0.2) is 4.98 Å². The van der Waals surface area contributed by atoms with Crippen LogP contribution in [0.5, 0.6) is 0 Å². The molecule has 3 nitrogen and oxygen atoms in total. The quantitative estimate of drug-likeness (QED) is 0.592. The molecule has 0 aliphatic heterocycles. The Balaban J connectivity index is 2.89. The highest BCUT2D eigenvalue weighted by Crippen LogP contribution is 2.12. The molecule has 0 aliphatic carbocycles. The summed E-state index contributed by atoms with van der Waals surface area (Å²) in [7, 11) is 0. The third kappa shape index (κ3) is 2.60. The Kier molecular flexibility index (Phi) is 3.53. The topological polar surface area (TPSA) is 37.8 Å². The normalized spacial score (nSPS) is 9.31. The summed E-state index contributed by atoms with van der Waals surface area (Å²) in [6.07, 6.45) is 7.80. The minimum absolute atomic E-state index is 0.206. The van der Waals surface area contributed by atoms with E-state index in [9.17, 15) is 0 Å². The van der Waals surface area contributed by atoms with Crippen molar-refractivity contribution in [2.75, 3.05) is 11.9 Å². The van der Waals surface area contributed by atoms with Crippen molar-refractivity contribution in [2.24, 2.45) is 0 Å². The third-order valence-electron chi connectivity index (χ3n) is 1.46. The van der Waals surface area contributed by atoms with Crippen molar-refractivity contribution in [3.8, 4) is 12.3 Å². The zero-order chi connectivity index (χ0) is 9.68. The molecule has 0 spiro atoms. The summed E-state index contributed by atoms with van der Waals surface area (Å²) in [5.74, 6) is 3.11. The van der Waals surface area contributed by atoms with Gasteiger partial charge in [-0.2, -0.15) is 4.98 Å². The van der Waals surface area contributed by atoms with Crippen LogP contribution >= 0.6 is 11.6 Å². The van der Waals surface area contributed by atoms with Gasteiger partial charge in [-0.3, -0.25) is 0 Å². The molecule has 0 radical (unpaired) electrons. The van der Waals surface area contributed by atoms with Gasteiger partial charge in [0.1, 0.15) is 5.82 Å². The van der Waals surface area contributed by atoms with E-state index in [4.69, 9.17) is 18.0 Å². The van der Waals surface area contributed by atoms with Gasteiger partial charge in [-0.05, 0) is 18.0 Å². The molecule has 4 heteroatoms. The van der Waals surface area contributed by atoms with E-state index in [2.05, 4.69) is 28.1 Å². The predicted octanol–water partition coefficient (Wildman–Crippen LogP) is 1.93. The molecule has 1 rings (SSSR count). The lowest BCUT2D eigenvalue weighted by molar-refractivity contribution is 0.963. The second-order valence-electron chi connectivity index (χ2n) is 2.47. The van der Waals surface area contributed by atoms with E-state index in [0.29, 0.717) is 11.4 Å². The number of hydrogen-bond donors (Lipinski definition) is 1. The van der Waals surface area contributed by atoms with Crippen LogP contribution in [0.25, 0.3) is 0 Å². The molecular formula is C9H10ClN3. The van der Waals surface area contributed by atoms with E-state index in [1.54, 1.807) is 0 Å². The van der Waals surface area contributed by atoms with E-state index in [0.717, 1.165) is 13.0 Å². The SMILES string of the molecule is C#Cc1cnc(Cl)nc1NCCC. The van der Waals surface area contributed by atoms with E-state index < -0.39 is 0 Å². The average molecular weight is 196 g/mol. The van der Waals surface area contributed by atoms with Gasteiger partial charge in [0.25, 0.3) is 0 Å². The van der Waals surface area contributed by atoms with Gasteiger partial charge < -0.3 is 5.32 Å². The maximum absolute atomic E-state index is 5.62. The van der Waals surface area contributed by atoms with Crippen LogP contribution in [0.2, 0.25) is 5.28 Å². The molecule has 0 amide bonds. The highest BCUT2D eigenvalue weighted by atomic mass is 35.5. The molecule has 1 N–H and O–H groups in total. The Morgan fingerprint density at radius 2 is 2.46 bits per heavy atom. The van der Waals surface area contributed by atoms with Gasteiger partial charge in [-0.1, -0.05) is 12.8 Å². The van der Waals surface area contributed by atoms with Crippen LogP contribution in [0.1, 0.15) is 18.9 Å². The van der Waals surface area contributed by atoms with Crippen LogP contribution in [-0.2, 0) is 0 Å². The van der Waals surface area contributed by atoms with E-state index in [1.807, 2.05) is 0 Å². The molecule has 0 saturated carbocycles. The van der Waals surface area contributed by atoms with E-state index >= 15 is 0 Å². The van der Waals surface area contributed by atoms with Crippen LogP contribution in [0.3, 0.4) is 0 Å². The summed E-state index contributed by atoms with van der Waals surface area (Å²) >= 11 is 5.62. The highest BCUT2D eigenvalue weighted by molar-refractivity contribution is 6.28. The fourth-order valence-corrected chi connectivity index (χ4v) is 0.977. The molecule has 0 bridgehead atoms. The number of halogens is 1. The molecule has 1 aromatic rings. The molecule has 0 fully saturated rings. The monoisotopic (exact) mass is 195 g/mol. The standard InChI is InChI=1S/C9H10ClN3/c1-3-5-11-8-7(4-2)6-12-9(10)13-8/h2,6H,3,5H2,1H3,(H,11,12,13). The van der Waals surface area contributed by atoms with E-state index in [1.165, 1.54) is 6.20 Å². The Morgan fingerprint density at radius 3 is 3.08 bits per heavy atom. The van der Waals surface area contributed by atoms with Gasteiger partial charge in [0, 0.05) is 12.7 Å². The number of nitrogens with zero attached hydrogens (tertiary/aromatic N) is 2. The first-order chi connectivity index (χ1) is 6.27. The molecular weight excluding hydrogens is 186 g/mol. The lowest BCUT2D eigenvalue weighted by Crippen LogP contribution is -2.04. The maximum Gasteiger partial charge on any atom is 0.224 e. The van der Waals surface area contributed by atoms with Crippen molar-refractivity contribution in [1.82, 2.24) is 9.97 Å². The number of nitrogens with one attached hydrogen (secondary N) is 1. The molecule has 1 aromatic heterocycles. The first-order valence-electron chi connectivity index (χ1n) is 4.01. The van der Waals surface area contributed by atoms with Gasteiger partial charge in [0.05, 0.1) is 5.56 Å². The van der Waals surface area contributed by atoms with Gasteiger partial charge in [0.2, 0.25) is 5.28 Å². The summed E-state index contributed by atoms with van der Waals surface area (Å²) in [4.78, 5) is 7.77. The molecule has 0 aliphatic rings. The minimum Gasteiger partial charge on any atom is -0.369 e. The maximum atomic E-state index is 5.62. The van der Waals surface area contributed by atoms with E-state index in [-0.39, 0.29) is 5.28 Å². The largest absolute Gasteiger partial charge is 0.369 e. The molecule has 1 heterocycles.